The lowest BCUT2D eigenvalue weighted by Crippen LogP contribution is -2.43. The quantitative estimate of drug-likeness (QED) is 0.877. The number of nitrogens with zero attached hydrogens (tertiary/aromatic N) is 1. The number of rotatable bonds is 5. The highest BCUT2D eigenvalue weighted by Crippen LogP contribution is 2.29. The standard InChI is InChI=1S/C21H23NO5/c1-14-10-17(11-15(2)20(14)27-13-19(23)24)21(25)22-8-9-26-12-18(22)16-6-4-3-5-7-16/h3-7,10-11,18H,8-9,12-13H2,1-2H3,(H,23,24). The van der Waals surface area contributed by atoms with Crippen molar-refractivity contribution in [3.05, 3.63) is 64.7 Å². The van der Waals surface area contributed by atoms with Crippen molar-refractivity contribution in [3.63, 3.8) is 0 Å². The molecule has 0 saturated carbocycles. The minimum absolute atomic E-state index is 0.0665. The first-order valence-corrected chi connectivity index (χ1v) is 8.87. The number of benzene rings is 2. The number of morpholine rings is 1. The Labute approximate surface area is 158 Å². The number of carbonyl (C=O) groups is 2. The van der Waals surface area contributed by atoms with Crippen LogP contribution in [0.1, 0.15) is 33.1 Å². The molecule has 142 valence electrons. The highest BCUT2D eigenvalue weighted by Gasteiger charge is 2.29. The Hall–Kier alpha value is -2.86. The second-order valence-electron chi connectivity index (χ2n) is 6.62. The van der Waals surface area contributed by atoms with E-state index >= 15 is 0 Å². The van der Waals surface area contributed by atoms with Crippen LogP contribution in [0.4, 0.5) is 0 Å². The minimum Gasteiger partial charge on any atom is -0.481 e. The molecule has 0 aromatic heterocycles. The predicted molar refractivity (Wildman–Crippen MR) is 100 cm³/mol. The van der Waals surface area contributed by atoms with Crippen molar-refractivity contribution in [2.24, 2.45) is 0 Å². The molecule has 0 aliphatic carbocycles. The van der Waals surface area contributed by atoms with Gasteiger partial charge in [0, 0.05) is 12.1 Å². The SMILES string of the molecule is Cc1cc(C(=O)N2CCOCC2c2ccccc2)cc(C)c1OCC(=O)O. The van der Waals surface area contributed by atoms with Gasteiger partial charge in [-0.3, -0.25) is 4.79 Å². The number of carbonyl (C=O) groups excluding carboxylic acids is 1. The van der Waals surface area contributed by atoms with E-state index in [2.05, 4.69) is 0 Å². The molecule has 1 aliphatic rings. The first kappa shape index (κ1) is 18.9. The maximum atomic E-state index is 13.2. The molecule has 2 aromatic rings. The lowest BCUT2D eigenvalue weighted by atomic mass is 10.0. The summed E-state index contributed by atoms with van der Waals surface area (Å²) in [6.45, 7) is 4.71. The van der Waals surface area contributed by atoms with Crippen molar-refractivity contribution in [1.29, 1.82) is 0 Å². The Morgan fingerprint density at radius 1 is 1.19 bits per heavy atom. The molecule has 1 heterocycles. The van der Waals surface area contributed by atoms with Crippen molar-refractivity contribution in [2.75, 3.05) is 26.4 Å². The van der Waals surface area contributed by atoms with Crippen LogP contribution in [0.2, 0.25) is 0 Å². The molecular formula is C21H23NO5. The van der Waals surface area contributed by atoms with E-state index in [-0.39, 0.29) is 11.9 Å². The van der Waals surface area contributed by atoms with E-state index in [1.807, 2.05) is 49.1 Å². The fourth-order valence-corrected chi connectivity index (χ4v) is 3.40. The summed E-state index contributed by atoms with van der Waals surface area (Å²) in [5.74, 6) is -0.591. The Balaban J connectivity index is 1.86. The molecule has 1 unspecified atom stereocenters. The van der Waals surface area contributed by atoms with E-state index in [1.165, 1.54) is 0 Å². The van der Waals surface area contributed by atoms with Crippen LogP contribution in [0.25, 0.3) is 0 Å². The number of aliphatic carboxylic acids is 1. The Morgan fingerprint density at radius 2 is 1.85 bits per heavy atom. The van der Waals surface area contributed by atoms with Crippen LogP contribution < -0.4 is 4.74 Å². The lowest BCUT2D eigenvalue weighted by Gasteiger charge is -2.36. The highest BCUT2D eigenvalue weighted by atomic mass is 16.5. The van der Waals surface area contributed by atoms with Gasteiger partial charge in [0.2, 0.25) is 0 Å². The molecule has 0 bridgehead atoms. The van der Waals surface area contributed by atoms with Gasteiger partial charge in [-0.15, -0.1) is 0 Å². The molecule has 1 fully saturated rings. The van der Waals surface area contributed by atoms with Gasteiger partial charge in [0.05, 0.1) is 19.3 Å². The molecule has 2 aromatic carbocycles. The molecular weight excluding hydrogens is 346 g/mol. The summed E-state index contributed by atoms with van der Waals surface area (Å²) in [6.07, 6.45) is 0. The van der Waals surface area contributed by atoms with Gasteiger partial charge in [0.15, 0.2) is 6.61 Å². The van der Waals surface area contributed by atoms with E-state index < -0.39 is 12.6 Å². The number of carboxylic acids is 1. The summed E-state index contributed by atoms with van der Waals surface area (Å²) < 4.78 is 11.0. The largest absolute Gasteiger partial charge is 0.481 e. The van der Waals surface area contributed by atoms with Gasteiger partial charge in [-0.1, -0.05) is 30.3 Å². The number of ether oxygens (including phenoxy) is 2. The summed E-state index contributed by atoms with van der Waals surface area (Å²) >= 11 is 0. The summed E-state index contributed by atoms with van der Waals surface area (Å²) in [6, 6.07) is 13.2. The molecule has 0 radical (unpaired) electrons. The van der Waals surface area contributed by atoms with Crippen molar-refractivity contribution < 1.29 is 24.2 Å². The van der Waals surface area contributed by atoms with Gasteiger partial charge < -0.3 is 19.5 Å². The van der Waals surface area contributed by atoms with Gasteiger partial charge >= 0.3 is 5.97 Å². The number of amides is 1. The monoisotopic (exact) mass is 369 g/mol. The zero-order chi connectivity index (χ0) is 19.4. The second kappa shape index (κ2) is 8.22. The van der Waals surface area contributed by atoms with E-state index in [1.54, 1.807) is 12.1 Å². The van der Waals surface area contributed by atoms with Gasteiger partial charge in [-0.05, 0) is 42.7 Å². The molecule has 0 spiro atoms. The van der Waals surface area contributed by atoms with Crippen LogP contribution in [0, 0.1) is 13.8 Å². The van der Waals surface area contributed by atoms with E-state index in [9.17, 15) is 9.59 Å². The molecule has 6 nitrogen and oxygen atoms in total. The van der Waals surface area contributed by atoms with E-state index in [0.717, 1.165) is 16.7 Å². The van der Waals surface area contributed by atoms with E-state index in [0.29, 0.717) is 31.1 Å². The summed E-state index contributed by atoms with van der Waals surface area (Å²) in [5, 5.41) is 8.81. The van der Waals surface area contributed by atoms with E-state index in [4.69, 9.17) is 14.6 Å². The summed E-state index contributed by atoms with van der Waals surface area (Å²) in [7, 11) is 0. The van der Waals surface area contributed by atoms with Crippen LogP contribution in [0.5, 0.6) is 5.75 Å². The zero-order valence-electron chi connectivity index (χ0n) is 15.5. The highest BCUT2D eigenvalue weighted by molar-refractivity contribution is 5.95. The first-order valence-electron chi connectivity index (χ1n) is 8.87. The maximum absolute atomic E-state index is 13.2. The van der Waals surface area contributed by atoms with Crippen LogP contribution >= 0.6 is 0 Å². The van der Waals surface area contributed by atoms with Crippen LogP contribution in [-0.4, -0.2) is 48.2 Å². The Morgan fingerprint density at radius 3 is 2.48 bits per heavy atom. The third kappa shape index (κ3) is 4.28. The molecule has 27 heavy (non-hydrogen) atoms. The third-order valence-electron chi connectivity index (χ3n) is 4.62. The summed E-state index contributed by atoms with van der Waals surface area (Å²) in [5.41, 5.74) is 3.09. The maximum Gasteiger partial charge on any atom is 0.341 e. The van der Waals surface area contributed by atoms with Crippen LogP contribution in [0.3, 0.4) is 0 Å². The third-order valence-corrected chi connectivity index (χ3v) is 4.62. The zero-order valence-corrected chi connectivity index (χ0v) is 15.5. The van der Waals surface area contributed by atoms with Gasteiger partial charge in [-0.25, -0.2) is 4.79 Å². The van der Waals surface area contributed by atoms with Gasteiger partial charge in [-0.2, -0.15) is 0 Å². The normalized spacial score (nSPS) is 16.8. The van der Waals surface area contributed by atoms with Gasteiger partial charge in [0.1, 0.15) is 5.75 Å². The Kier molecular flexibility index (Phi) is 5.76. The summed E-state index contributed by atoms with van der Waals surface area (Å²) in [4.78, 5) is 25.8. The topological polar surface area (TPSA) is 76.1 Å². The molecule has 3 rings (SSSR count). The van der Waals surface area contributed by atoms with Crippen molar-refractivity contribution in [1.82, 2.24) is 4.90 Å². The lowest BCUT2D eigenvalue weighted by molar-refractivity contribution is -0.139. The minimum atomic E-state index is -1.03. The molecule has 1 aliphatic heterocycles. The molecule has 1 atom stereocenters. The number of carboxylic acid groups (broad SMARTS) is 1. The smallest absolute Gasteiger partial charge is 0.341 e. The predicted octanol–water partition coefficient (Wildman–Crippen LogP) is 2.98. The molecule has 6 heteroatoms. The van der Waals surface area contributed by atoms with Crippen LogP contribution in [0.15, 0.2) is 42.5 Å². The van der Waals surface area contributed by atoms with Gasteiger partial charge in [0.25, 0.3) is 5.91 Å². The fraction of sp³-hybridized carbons (Fsp3) is 0.333. The number of hydrogen-bond donors (Lipinski definition) is 1. The average Bonchev–Trinajstić information content (AvgIpc) is 2.67. The van der Waals surface area contributed by atoms with Crippen molar-refractivity contribution in [3.8, 4) is 5.75 Å². The molecule has 1 saturated heterocycles. The second-order valence-corrected chi connectivity index (χ2v) is 6.62. The number of aryl methyl sites for hydroxylation is 2. The fourth-order valence-electron chi connectivity index (χ4n) is 3.40. The average molecular weight is 369 g/mol. The van der Waals surface area contributed by atoms with Crippen molar-refractivity contribution in [2.45, 2.75) is 19.9 Å². The molecule has 1 amide bonds. The van der Waals surface area contributed by atoms with Crippen molar-refractivity contribution >= 4 is 11.9 Å². The molecule has 1 N–H and O–H groups in total. The Bertz CT molecular complexity index is 811. The first-order chi connectivity index (χ1) is 13.0. The van der Waals surface area contributed by atoms with Crippen LogP contribution in [-0.2, 0) is 9.53 Å². The number of hydrogen-bond acceptors (Lipinski definition) is 4.